The van der Waals surface area contributed by atoms with Crippen LogP contribution in [0.3, 0.4) is 0 Å². The van der Waals surface area contributed by atoms with Crippen LogP contribution < -0.4 is 0 Å². The molecule has 0 aromatic rings. The number of aliphatic hydroxyl groups is 1. The molecule has 1 N–H and O–H groups in total. The maximum Gasteiger partial charge on any atom is 0.157 e. The number of ether oxygens (including phenoxy) is 5. The molecular weight excluding hydrogens is 384 g/mol. The van der Waals surface area contributed by atoms with Crippen molar-refractivity contribution in [3.63, 3.8) is 0 Å². The van der Waals surface area contributed by atoms with Crippen molar-refractivity contribution in [1.29, 1.82) is 0 Å². The Bertz CT molecular complexity index is 329. The molecule has 6 nitrogen and oxygen atoms in total. The Hall–Kier alpha value is -0.240. The summed E-state index contributed by atoms with van der Waals surface area (Å²) < 4.78 is 28.8. The minimum atomic E-state index is -0.436. The van der Waals surface area contributed by atoms with E-state index in [2.05, 4.69) is 13.8 Å². The molecule has 0 spiro atoms. The molecule has 0 amide bonds. The maximum atomic E-state index is 9.91. The number of aliphatic hydroxyl groups excluding tert-OH is 1. The van der Waals surface area contributed by atoms with Crippen molar-refractivity contribution in [2.75, 3.05) is 46.8 Å². The molecule has 3 atom stereocenters. The van der Waals surface area contributed by atoms with Crippen LogP contribution in [0.15, 0.2) is 0 Å². The van der Waals surface area contributed by atoms with E-state index in [9.17, 15) is 5.11 Å². The van der Waals surface area contributed by atoms with Crippen molar-refractivity contribution in [2.24, 2.45) is 0 Å². The molecule has 0 aliphatic rings. The number of hydrogen-bond donors (Lipinski definition) is 1. The average molecular weight is 435 g/mol. The van der Waals surface area contributed by atoms with Gasteiger partial charge in [-0.15, -0.1) is 0 Å². The van der Waals surface area contributed by atoms with Crippen LogP contribution in [0.5, 0.6) is 0 Å². The van der Waals surface area contributed by atoms with Gasteiger partial charge >= 0.3 is 0 Å². The molecule has 30 heavy (non-hydrogen) atoms. The average Bonchev–Trinajstić information content (AvgIpc) is 2.76. The summed E-state index contributed by atoms with van der Waals surface area (Å²) in [6.45, 7) is 9.56. The van der Waals surface area contributed by atoms with Gasteiger partial charge in [-0.2, -0.15) is 0 Å². The fraction of sp³-hybridized carbons (Fsp3) is 1.00. The fourth-order valence-electron chi connectivity index (χ4n) is 3.05. The molecule has 0 aromatic heterocycles. The molecule has 0 radical (unpaired) electrons. The fourth-order valence-corrected chi connectivity index (χ4v) is 3.05. The van der Waals surface area contributed by atoms with Gasteiger partial charge in [0.1, 0.15) is 12.2 Å². The van der Waals surface area contributed by atoms with E-state index in [4.69, 9.17) is 23.7 Å². The zero-order valence-corrected chi connectivity index (χ0v) is 20.2. The number of unbranched alkanes of at least 4 members (excludes halogenated alkanes) is 7. The van der Waals surface area contributed by atoms with Crippen molar-refractivity contribution in [3.05, 3.63) is 0 Å². The van der Waals surface area contributed by atoms with Crippen LogP contribution in [0.25, 0.3) is 0 Å². The summed E-state index contributed by atoms with van der Waals surface area (Å²) >= 11 is 0. The number of methoxy groups -OCH3 is 1. The van der Waals surface area contributed by atoms with E-state index < -0.39 is 6.10 Å². The molecule has 0 heterocycles. The van der Waals surface area contributed by atoms with E-state index in [0.29, 0.717) is 26.4 Å². The Morgan fingerprint density at radius 1 is 0.667 bits per heavy atom. The minimum Gasteiger partial charge on any atom is -0.394 e. The molecule has 0 rings (SSSR count). The lowest BCUT2D eigenvalue weighted by Gasteiger charge is -2.29. The van der Waals surface area contributed by atoms with Crippen LogP contribution in [-0.2, 0) is 23.7 Å². The Kier molecular flexibility index (Phi) is 23.2. The van der Waals surface area contributed by atoms with Crippen LogP contribution in [0, 0.1) is 0 Å². The van der Waals surface area contributed by atoms with Gasteiger partial charge in [0.25, 0.3) is 0 Å². The second-order valence-electron chi connectivity index (χ2n) is 7.87. The highest BCUT2D eigenvalue weighted by Gasteiger charge is 2.26. The Labute approximate surface area is 185 Å². The molecule has 0 bridgehead atoms. The molecular formula is C24H50O6. The first-order valence-electron chi connectivity index (χ1n) is 12.3. The van der Waals surface area contributed by atoms with Crippen molar-refractivity contribution in [1.82, 2.24) is 0 Å². The van der Waals surface area contributed by atoms with Crippen molar-refractivity contribution < 1.29 is 28.8 Å². The van der Waals surface area contributed by atoms with Gasteiger partial charge in [-0.05, 0) is 32.1 Å². The van der Waals surface area contributed by atoms with Gasteiger partial charge in [0.2, 0.25) is 0 Å². The lowest BCUT2D eigenvalue weighted by Crippen LogP contribution is -2.41. The van der Waals surface area contributed by atoms with Gasteiger partial charge < -0.3 is 28.8 Å². The lowest BCUT2D eigenvalue weighted by molar-refractivity contribution is -0.214. The zero-order chi connectivity index (χ0) is 22.3. The van der Waals surface area contributed by atoms with Gasteiger partial charge in [0.15, 0.2) is 6.29 Å². The quantitative estimate of drug-likeness (QED) is 0.168. The molecule has 0 saturated heterocycles. The van der Waals surface area contributed by atoms with Gasteiger partial charge in [0, 0.05) is 33.5 Å². The first-order chi connectivity index (χ1) is 14.7. The smallest absolute Gasteiger partial charge is 0.157 e. The Morgan fingerprint density at radius 2 is 1.27 bits per heavy atom. The topological polar surface area (TPSA) is 66.4 Å². The predicted octanol–water partition coefficient (Wildman–Crippen LogP) is 5.11. The van der Waals surface area contributed by atoms with Crippen molar-refractivity contribution >= 4 is 0 Å². The van der Waals surface area contributed by atoms with E-state index in [0.717, 1.165) is 51.6 Å². The standard InChI is InChI=1S/C24H50O6/c1-5-8-17-27-21-23(28-18-9-6-2)22(20-25)30-24(7-3)29-19-15-13-11-10-12-14-16-26-4/h22-25H,5-21H2,1-4H3/t22?,23-,24+/m0/s1. The second kappa shape index (κ2) is 23.4. The largest absolute Gasteiger partial charge is 0.394 e. The van der Waals surface area contributed by atoms with E-state index in [1.807, 2.05) is 6.92 Å². The van der Waals surface area contributed by atoms with Crippen LogP contribution in [0.4, 0.5) is 0 Å². The third kappa shape index (κ3) is 17.4. The van der Waals surface area contributed by atoms with E-state index in [-0.39, 0.29) is 19.0 Å². The monoisotopic (exact) mass is 434 g/mol. The lowest BCUT2D eigenvalue weighted by atomic mass is 10.1. The summed E-state index contributed by atoms with van der Waals surface area (Å²) in [5.41, 5.74) is 0. The van der Waals surface area contributed by atoms with Crippen LogP contribution in [0.1, 0.15) is 91.4 Å². The molecule has 0 fully saturated rings. The Morgan fingerprint density at radius 3 is 1.87 bits per heavy atom. The third-order valence-corrected chi connectivity index (χ3v) is 5.06. The highest BCUT2D eigenvalue weighted by molar-refractivity contribution is 4.71. The van der Waals surface area contributed by atoms with Crippen LogP contribution >= 0.6 is 0 Å². The van der Waals surface area contributed by atoms with Crippen molar-refractivity contribution in [3.8, 4) is 0 Å². The van der Waals surface area contributed by atoms with Crippen molar-refractivity contribution in [2.45, 2.75) is 110 Å². The molecule has 1 unspecified atom stereocenters. The number of hydrogen-bond acceptors (Lipinski definition) is 6. The number of rotatable bonds is 24. The van der Waals surface area contributed by atoms with Gasteiger partial charge in [-0.1, -0.05) is 59.3 Å². The Balaban J connectivity index is 4.25. The van der Waals surface area contributed by atoms with E-state index in [1.54, 1.807) is 7.11 Å². The van der Waals surface area contributed by atoms with E-state index in [1.165, 1.54) is 25.7 Å². The van der Waals surface area contributed by atoms with Crippen LogP contribution in [0.2, 0.25) is 0 Å². The molecule has 0 aliphatic heterocycles. The SMILES string of the molecule is CCCCOC[C@H](OCCCC)C(CO)O[C@H](CC)OCCCCCCCCOC. The molecule has 0 aromatic carbocycles. The molecule has 6 heteroatoms. The summed E-state index contributed by atoms with van der Waals surface area (Å²) in [4.78, 5) is 0. The summed E-state index contributed by atoms with van der Waals surface area (Å²) in [7, 11) is 1.75. The summed E-state index contributed by atoms with van der Waals surface area (Å²) in [6.07, 6.45) is 10.9. The normalized spacial score (nSPS) is 14.7. The van der Waals surface area contributed by atoms with Gasteiger partial charge in [-0.3, -0.25) is 0 Å². The van der Waals surface area contributed by atoms with Gasteiger partial charge in [-0.25, -0.2) is 0 Å². The third-order valence-electron chi connectivity index (χ3n) is 5.06. The highest BCUT2D eigenvalue weighted by Crippen LogP contribution is 2.14. The second-order valence-corrected chi connectivity index (χ2v) is 7.87. The highest BCUT2D eigenvalue weighted by atomic mass is 16.7. The summed E-state index contributed by atoms with van der Waals surface area (Å²) in [5, 5.41) is 9.91. The summed E-state index contributed by atoms with van der Waals surface area (Å²) in [5.74, 6) is 0. The van der Waals surface area contributed by atoms with Crippen LogP contribution in [-0.4, -0.2) is 70.4 Å². The minimum absolute atomic E-state index is 0.102. The molecule has 0 aliphatic carbocycles. The molecule has 0 saturated carbocycles. The summed E-state index contributed by atoms with van der Waals surface area (Å²) in [6, 6.07) is 0. The van der Waals surface area contributed by atoms with E-state index >= 15 is 0 Å². The maximum absolute atomic E-state index is 9.91. The molecule has 182 valence electrons. The predicted molar refractivity (Wildman–Crippen MR) is 122 cm³/mol. The first-order valence-corrected chi connectivity index (χ1v) is 12.3. The van der Waals surface area contributed by atoms with Gasteiger partial charge in [0.05, 0.1) is 13.2 Å². The first kappa shape index (κ1) is 29.8. The zero-order valence-electron chi connectivity index (χ0n) is 20.2.